The Bertz CT molecular complexity index is 517. The predicted molar refractivity (Wildman–Crippen MR) is 82.8 cm³/mol. The minimum Gasteiger partial charge on any atom is -0.351 e. The molecule has 1 amide bonds. The molecule has 6 nitrogen and oxygen atoms in total. The second-order valence-corrected chi connectivity index (χ2v) is 7.19. The standard InChI is InChI=1S/C11H19N3O3S2.ClH/c1-12-7-3-4-10(15)14-8-9-5-6-11(18-9)19(16,17)13-2;/h5-6,12-13H,3-4,7-8H2,1-2H3,(H,14,15);1H. The average Bonchev–Trinajstić information content (AvgIpc) is 2.86. The van der Waals surface area contributed by atoms with Gasteiger partial charge in [-0.3, -0.25) is 4.79 Å². The lowest BCUT2D eigenvalue weighted by Crippen LogP contribution is -2.23. The first-order valence-corrected chi connectivity index (χ1v) is 8.23. The summed E-state index contributed by atoms with van der Waals surface area (Å²) < 4.78 is 25.6. The molecule has 0 atom stereocenters. The zero-order valence-electron chi connectivity index (χ0n) is 11.4. The lowest BCUT2D eigenvalue weighted by molar-refractivity contribution is -0.121. The van der Waals surface area contributed by atoms with E-state index >= 15 is 0 Å². The summed E-state index contributed by atoms with van der Waals surface area (Å²) in [5.41, 5.74) is 0. The highest BCUT2D eigenvalue weighted by molar-refractivity contribution is 7.91. The van der Waals surface area contributed by atoms with Crippen molar-refractivity contribution >= 4 is 39.7 Å². The molecule has 0 bridgehead atoms. The number of carbonyl (C=O) groups excluding carboxylic acids is 1. The fourth-order valence-electron chi connectivity index (χ4n) is 1.40. The normalized spacial score (nSPS) is 10.9. The van der Waals surface area contributed by atoms with Gasteiger partial charge in [0, 0.05) is 11.3 Å². The average molecular weight is 342 g/mol. The summed E-state index contributed by atoms with van der Waals surface area (Å²) in [4.78, 5) is 12.3. The first-order valence-electron chi connectivity index (χ1n) is 5.93. The highest BCUT2D eigenvalue weighted by atomic mass is 35.5. The Balaban J connectivity index is 0.00000361. The predicted octanol–water partition coefficient (Wildman–Crippen LogP) is 0.694. The van der Waals surface area contributed by atoms with Crippen LogP contribution in [0.2, 0.25) is 0 Å². The number of sulfonamides is 1. The minimum atomic E-state index is -3.39. The summed E-state index contributed by atoms with van der Waals surface area (Å²) in [5.74, 6) is -0.0262. The van der Waals surface area contributed by atoms with E-state index in [-0.39, 0.29) is 22.5 Å². The molecule has 0 unspecified atom stereocenters. The number of rotatable bonds is 8. The van der Waals surface area contributed by atoms with Crippen molar-refractivity contribution in [3.8, 4) is 0 Å². The number of thiophene rings is 1. The van der Waals surface area contributed by atoms with Crippen LogP contribution in [0.15, 0.2) is 16.3 Å². The first kappa shape index (κ1) is 19.3. The van der Waals surface area contributed by atoms with Crippen LogP contribution < -0.4 is 15.4 Å². The highest BCUT2D eigenvalue weighted by Gasteiger charge is 2.14. The molecule has 0 radical (unpaired) electrons. The third kappa shape index (κ3) is 6.19. The fraction of sp³-hybridized carbons (Fsp3) is 0.545. The zero-order valence-corrected chi connectivity index (χ0v) is 13.9. The van der Waals surface area contributed by atoms with Gasteiger partial charge in [0.1, 0.15) is 4.21 Å². The lowest BCUT2D eigenvalue weighted by Gasteiger charge is -2.03. The van der Waals surface area contributed by atoms with Crippen LogP contribution in [0, 0.1) is 0 Å². The number of hydrogen-bond donors (Lipinski definition) is 3. The topological polar surface area (TPSA) is 87.3 Å². The van der Waals surface area contributed by atoms with Gasteiger partial charge in [0.05, 0.1) is 6.54 Å². The fourth-order valence-corrected chi connectivity index (χ4v) is 3.53. The second-order valence-electron chi connectivity index (χ2n) is 3.91. The van der Waals surface area contributed by atoms with Crippen LogP contribution >= 0.6 is 23.7 Å². The van der Waals surface area contributed by atoms with Crippen LogP contribution in [0.1, 0.15) is 17.7 Å². The largest absolute Gasteiger partial charge is 0.351 e. The van der Waals surface area contributed by atoms with E-state index in [1.807, 2.05) is 7.05 Å². The van der Waals surface area contributed by atoms with Crippen molar-refractivity contribution in [3.63, 3.8) is 0 Å². The van der Waals surface area contributed by atoms with Crippen molar-refractivity contribution in [2.24, 2.45) is 0 Å². The lowest BCUT2D eigenvalue weighted by atomic mass is 10.3. The molecule has 1 rings (SSSR count). The van der Waals surface area contributed by atoms with E-state index in [1.165, 1.54) is 7.05 Å². The Morgan fingerprint density at radius 3 is 2.60 bits per heavy atom. The maximum atomic E-state index is 11.5. The maximum absolute atomic E-state index is 11.5. The van der Waals surface area contributed by atoms with Gasteiger partial charge in [0.15, 0.2) is 0 Å². The Morgan fingerprint density at radius 2 is 2.00 bits per heavy atom. The monoisotopic (exact) mass is 341 g/mol. The van der Waals surface area contributed by atoms with Crippen LogP contribution in [-0.4, -0.2) is 35.0 Å². The first-order chi connectivity index (χ1) is 8.99. The Hall–Kier alpha value is -0.670. The van der Waals surface area contributed by atoms with Gasteiger partial charge in [-0.2, -0.15) is 0 Å². The molecule has 116 valence electrons. The number of hydrogen-bond acceptors (Lipinski definition) is 5. The molecule has 1 heterocycles. The van der Waals surface area contributed by atoms with E-state index in [2.05, 4.69) is 15.4 Å². The Morgan fingerprint density at radius 1 is 1.30 bits per heavy atom. The van der Waals surface area contributed by atoms with E-state index < -0.39 is 10.0 Å². The van der Waals surface area contributed by atoms with Crippen molar-refractivity contribution in [2.45, 2.75) is 23.6 Å². The van der Waals surface area contributed by atoms with Crippen molar-refractivity contribution in [3.05, 3.63) is 17.0 Å². The SMILES string of the molecule is CNCCCC(=O)NCc1ccc(S(=O)(=O)NC)s1.Cl. The van der Waals surface area contributed by atoms with Crippen molar-refractivity contribution in [2.75, 3.05) is 20.6 Å². The van der Waals surface area contributed by atoms with Crippen LogP contribution in [-0.2, 0) is 21.4 Å². The van der Waals surface area contributed by atoms with Gasteiger partial charge in [-0.15, -0.1) is 23.7 Å². The minimum absolute atomic E-state index is 0. The molecular formula is C11H20ClN3O3S2. The second kappa shape index (κ2) is 9.30. The van der Waals surface area contributed by atoms with E-state index in [1.54, 1.807) is 12.1 Å². The molecular weight excluding hydrogens is 322 g/mol. The van der Waals surface area contributed by atoms with Gasteiger partial charge in [0.25, 0.3) is 0 Å². The smallest absolute Gasteiger partial charge is 0.249 e. The van der Waals surface area contributed by atoms with E-state index in [4.69, 9.17) is 0 Å². The third-order valence-electron chi connectivity index (χ3n) is 2.46. The van der Waals surface area contributed by atoms with E-state index in [9.17, 15) is 13.2 Å². The molecule has 0 fully saturated rings. The molecule has 0 aliphatic heterocycles. The molecule has 3 N–H and O–H groups in total. The summed E-state index contributed by atoms with van der Waals surface area (Å²) in [6, 6.07) is 3.25. The van der Waals surface area contributed by atoms with Gasteiger partial charge < -0.3 is 10.6 Å². The summed E-state index contributed by atoms with van der Waals surface area (Å²) in [5, 5.41) is 5.74. The third-order valence-corrected chi connectivity index (χ3v) is 5.45. The summed E-state index contributed by atoms with van der Waals surface area (Å²) in [7, 11) is -0.172. The summed E-state index contributed by atoms with van der Waals surface area (Å²) >= 11 is 1.16. The molecule has 0 saturated heterocycles. The van der Waals surface area contributed by atoms with Gasteiger partial charge in [-0.25, -0.2) is 13.1 Å². The Labute approximate surface area is 129 Å². The van der Waals surface area contributed by atoms with Crippen molar-refractivity contribution in [1.82, 2.24) is 15.4 Å². The van der Waals surface area contributed by atoms with Crippen LogP contribution in [0.3, 0.4) is 0 Å². The molecule has 0 spiro atoms. The molecule has 0 aliphatic rings. The quantitative estimate of drug-likeness (QED) is 0.607. The van der Waals surface area contributed by atoms with Gasteiger partial charge in [-0.1, -0.05) is 0 Å². The highest BCUT2D eigenvalue weighted by Crippen LogP contribution is 2.20. The van der Waals surface area contributed by atoms with Gasteiger partial charge in [0.2, 0.25) is 15.9 Å². The zero-order chi connectivity index (χ0) is 14.3. The molecule has 1 aromatic rings. The molecule has 1 aromatic heterocycles. The number of amides is 1. The van der Waals surface area contributed by atoms with Gasteiger partial charge >= 0.3 is 0 Å². The van der Waals surface area contributed by atoms with Crippen LogP contribution in [0.25, 0.3) is 0 Å². The summed E-state index contributed by atoms with van der Waals surface area (Å²) in [6.07, 6.45) is 1.25. The number of nitrogens with one attached hydrogen (secondary N) is 3. The number of halogens is 1. The summed E-state index contributed by atoms with van der Waals surface area (Å²) in [6.45, 7) is 1.17. The molecule has 0 aliphatic carbocycles. The molecule has 0 aromatic carbocycles. The van der Waals surface area contributed by atoms with Crippen LogP contribution in [0.4, 0.5) is 0 Å². The van der Waals surface area contributed by atoms with Crippen molar-refractivity contribution in [1.29, 1.82) is 0 Å². The van der Waals surface area contributed by atoms with Crippen LogP contribution in [0.5, 0.6) is 0 Å². The molecule has 20 heavy (non-hydrogen) atoms. The van der Waals surface area contributed by atoms with Gasteiger partial charge in [-0.05, 0) is 39.2 Å². The van der Waals surface area contributed by atoms with E-state index in [0.29, 0.717) is 13.0 Å². The van der Waals surface area contributed by atoms with E-state index in [0.717, 1.165) is 29.2 Å². The Kier molecular flexibility index (Phi) is 8.99. The molecule has 0 saturated carbocycles. The number of carbonyl (C=O) groups is 1. The van der Waals surface area contributed by atoms with Crippen molar-refractivity contribution < 1.29 is 13.2 Å². The maximum Gasteiger partial charge on any atom is 0.249 e. The molecule has 9 heteroatoms.